The van der Waals surface area contributed by atoms with Crippen LogP contribution in [0.2, 0.25) is 0 Å². The highest BCUT2D eigenvalue weighted by molar-refractivity contribution is 7.89. The molecule has 0 bridgehead atoms. The second kappa shape index (κ2) is 10.0. The van der Waals surface area contributed by atoms with Crippen LogP contribution in [-0.4, -0.2) is 27.5 Å². The van der Waals surface area contributed by atoms with Crippen molar-refractivity contribution in [2.75, 3.05) is 7.11 Å². The molecule has 0 aliphatic heterocycles. The number of carbonyl (C=O) groups is 1. The molecule has 0 saturated carbocycles. The Morgan fingerprint density at radius 1 is 1.14 bits per heavy atom. The lowest BCUT2D eigenvalue weighted by molar-refractivity contribution is -0.147. The first kappa shape index (κ1) is 22.4. The van der Waals surface area contributed by atoms with Crippen LogP contribution in [0.15, 0.2) is 53.4 Å². The summed E-state index contributed by atoms with van der Waals surface area (Å²) in [4.78, 5) is 12.6. The first-order valence-electron chi connectivity index (χ1n) is 9.08. The minimum atomic E-state index is -3.93. The molecule has 0 aliphatic rings. The molecule has 1 atom stereocenters. The number of nitrogens with zero attached hydrogens (tertiary/aromatic N) is 1. The van der Waals surface area contributed by atoms with Gasteiger partial charge in [0.1, 0.15) is 18.4 Å². The molecule has 8 heteroatoms. The highest BCUT2D eigenvalue weighted by Crippen LogP contribution is 2.18. The third-order valence-electron chi connectivity index (χ3n) is 4.17. The maximum atomic E-state index is 12.7. The topological polar surface area (TPSA) is 105 Å². The summed E-state index contributed by atoms with van der Waals surface area (Å²) in [6.07, 6.45) is 0.272. The Morgan fingerprint density at radius 3 is 2.38 bits per heavy atom. The van der Waals surface area contributed by atoms with Gasteiger partial charge in [0, 0.05) is 5.56 Å². The highest BCUT2D eigenvalue weighted by atomic mass is 32.2. The summed E-state index contributed by atoms with van der Waals surface area (Å²) in [5.41, 5.74) is 0.962. The van der Waals surface area contributed by atoms with E-state index in [1.54, 1.807) is 24.3 Å². The Hall–Kier alpha value is -2.89. The summed E-state index contributed by atoms with van der Waals surface area (Å²) < 4.78 is 38.2. The third-order valence-corrected chi connectivity index (χ3v) is 5.65. The molecule has 0 radical (unpaired) electrons. The Bertz CT molecular complexity index is 979. The fraction of sp³-hybridized carbons (Fsp3) is 0.333. The van der Waals surface area contributed by atoms with E-state index in [0.29, 0.717) is 16.9 Å². The van der Waals surface area contributed by atoms with Crippen molar-refractivity contribution >= 4 is 16.0 Å². The zero-order valence-corrected chi connectivity index (χ0v) is 17.4. The largest absolute Gasteiger partial charge is 0.497 e. The summed E-state index contributed by atoms with van der Waals surface area (Å²) in [6, 6.07) is 13.6. The second-order valence-corrected chi connectivity index (χ2v) is 8.57. The second-order valence-electron chi connectivity index (χ2n) is 6.86. The van der Waals surface area contributed by atoms with Gasteiger partial charge in [-0.25, -0.2) is 8.42 Å². The van der Waals surface area contributed by atoms with Crippen molar-refractivity contribution in [1.82, 2.24) is 4.72 Å². The number of sulfonamides is 1. The summed E-state index contributed by atoms with van der Waals surface area (Å²) in [7, 11) is -2.44. The molecule has 0 aromatic heterocycles. The molecule has 0 amide bonds. The maximum Gasteiger partial charge on any atom is 0.324 e. The van der Waals surface area contributed by atoms with Crippen molar-refractivity contribution in [3.05, 3.63) is 59.7 Å². The van der Waals surface area contributed by atoms with Crippen LogP contribution < -0.4 is 9.46 Å². The van der Waals surface area contributed by atoms with Crippen LogP contribution >= 0.6 is 0 Å². The molecule has 154 valence electrons. The molecule has 2 aromatic rings. The minimum absolute atomic E-state index is 0.0229. The van der Waals surface area contributed by atoms with Gasteiger partial charge in [-0.1, -0.05) is 32.0 Å². The number of hydrogen-bond donors (Lipinski definition) is 1. The van der Waals surface area contributed by atoms with Crippen molar-refractivity contribution in [1.29, 1.82) is 5.26 Å². The molecule has 7 nitrogen and oxygen atoms in total. The number of rotatable bonds is 9. The van der Waals surface area contributed by atoms with Crippen LogP contribution in [0.25, 0.3) is 0 Å². The lowest BCUT2D eigenvalue weighted by Crippen LogP contribution is -2.42. The van der Waals surface area contributed by atoms with Gasteiger partial charge in [-0.15, -0.1) is 0 Å². The van der Waals surface area contributed by atoms with Crippen LogP contribution in [-0.2, 0) is 26.2 Å². The number of carbonyl (C=O) groups excluding carboxylic acids is 1. The van der Waals surface area contributed by atoms with Crippen LogP contribution in [0.4, 0.5) is 0 Å². The molecule has 0 aliphatic carbocycles. The first-order valence-corrected chi connectivity index (χ1v) is 10.6. The van der Waals surface area contributed by atoms with E-state index in [2.05, 4.69) is 4.72 Å². The molecule has 2 aromatic carbocycles. The number of nitriles is 1. The molecule has 0 unspecified atom stereocenters. The van der Waals surface area contributed by atoms with Gasteiger partial charge in [-0.05, 0) is 42.7 Å². The van der Waals surface area contributed by atoms with Crippen LogP contribution in [0.1, 0.15) is 31.4 Å². The number of methoxy groups -OCH3 is 1. The molecule has 0 spiro atoms. The smallest absolute Gasteiger partial charge is 0.324 e. The average Bonchev–Trinajstić information content (AvgIpc) is 2.71. The van der Waals surface area contributed by atoms with Crippen molar-refractivity contribution in [2.45, 2.75) is 37.8 Å². The fourth-order valence-corrected chi connectivity index (χ4v) is 3.88. The van der Waals surface area contributed by atoms with Gasteiger partial charge in [0.2, 0.25) is 10.0 Å². The maximum absolute atomic E-state index is 12.7. The highest BCUT2D eigenvalue weighted by Gasteiger charge is 2.28. The van der Waals surface area contributed by atoms with E-state index in [9.17, 15) is 13.2 Å². The van der Waals surface area contributed by atoms with Gasteiger partial charge in [-0.3, -0.25) is 4.79 Å². The third kappa shape index (κ3) is 6.31. The molecule has 0 fully saturated rings. The average molecular weight is 416 g/mol. The van der Waals surface area contributed by atoms with Gasteiger partial charge >= 0.3 is 5.97 Å². The molecule has 0 heterocycles. The zero-order chi connectivity index (χ0) is 21.4. The Labute approximate surface area is 171 Å². The molecule has 29 heavy (non-hydrogen) atoms. The van der Waals surface area contributed by atoms with E-state index >= 15 is 0 Å². The number of hydrogen-bond acceptors (Lipinski definition) is 6. The standard InChI is InChI=1S/C21H24N2O5S/c1-15(2)12-20(21(24)28-14-17-7-5-4-6-16(17)13-22)23-29(25,26)19-10-8-18(27-3)9-11-19/h4-11,15,20,23H,12,14H2,1-3H3/t20-/m0/s1. The van der Waals surface area contributed by atoms with Crippen LogP contribution in [0.3, 0.4) is 0 Å². The lowest BCUT2D eigenvalue weighted by atomic mass is 10.0. The monoisotopic (exact) mass is 416 g/mol. The summed E-state index contributed by atoms with van der Waals surface area (Å²) in [5.74, 6) is -0.112. The molecular weight excluding hydrogens is 392 g/mol. The van der Waals surface area contributed by atoms with Gasteiger partial charge in [0.05, 0.1) is 23.6 Å². The minimum Gasteiger partial charge on any atom is -0.497 e. The van der Waals surface area contributed by atoms with E-state index in [4.69, 9.17) is 14.7 Å². The lowest BCUT2D eigenvalue weighted by Gasteiger charge is -2.19. The molecule has 1 N–H and O–H groups in total. The van der Waals surface area contributed by atoms with Gasteiger partial charge in [0.25, 0.3) is 0 Å². The predicted octanol–water partition coefficient (Wildman–Crippen LogP) is 3.00. The predicted molar refractivity (Wildman–Crippen MR) is 108 cm³/mol. The zero-order valence-electron chi connectivity index (χ0n) is 16.6. The summed E-state index contributed by atoms with van der Waals surface area (Å²) in [5, 5.41) is 9.14. The van der Waals surface area contributed by atoms with Gasteiger partial charge in [0.15, 0.2) is 0 Å². The van der Waals surface area contributed by atoms with E-state index < -0.39 is 22.0 Å². The van der Waals surface area contributed by atoms with Crippen LogP contribution in [0, 0.1) is 17.2 Å². The Morgan fingerprint density at radius 2 is 1.79 bits per heavy atom. The van der Waals surface area contributed by atoms with Crippen molar-refractivity contribution in [3.63, 3.8) is 0 Å². The van der Waals surface area contributed by atoms with E-state index in [1.165, 1.54) is 31.4 Å². The van der Waals surface area contributed by atoms with Crippen molar-refractivity contribution in [2.24, 2.45) is 5.92 Å². The van der Waals surface area contributed by atoms with E-state index in [0.717, 1.165) is 0 Å². The summed E-state index contributed by atoms with van der Waals surface area (Å²) >= 11 is 0. The van der Waals surface area contributed by atoms with Crippen molar-refractivity contribution < 1.29 is 22.7 Å². The van der Waals surface area contributed by atoms with Gasteiger partial charge < -0.3 is 9.47 Å². The summed E-state index contributed by atoms with van der Waals surface area (Å²) in [6.45, 7) is 3.65. The van der Waals surface area contributed by atoms with E-state index in [-0.39, 0.29) is 23.8 Å². The normalized spacial score (nSPS) is 12.2. The quantitative estimate of drug-likeness (QED) is 0.630. The SMILES string of the molecule is COc1ccc(S(=O)(=O)N[C@@H](CC(C)C)C(=O)OCc2ccccc2C#N)cc1. The number of nitrogens with one attached hydrogen (secondary N) is 1. The van der Waals surface area contributed by atoms with E-state index in [1.807, 2.05) is 19.9 Å². The number of benzene rings is 2. The molecular formula is C21H24N2O5S. The van der Waals surface area contributed by atoms with Crippen LogP contribution in [0.5, 0.6) is 5.75 Å². The number of esters is 1. The number of ether oxygens (including phenoxy) is 2. The Balaban J connectivity index is 2.15. The molecule has 2 rings (SSSR count). The molecule has 0 saturated heterocycles. The fourth-order valence-electron chi connectivity index (χ4n) is 2.68. The van der Waals surface area contributed by atoms with Gasteiger partial charge in [-0.2, -0.15) is 9.98 Å². The van der Waals surface area contributed by atoms with Crippen molar-refractivity contribution in [3.8, 4) is 11.8 Å². The first-order chi connectivity index (χ1) is 13.8. The Kier molecular flexibility index (Phi) is 7.76.